The molecule has 0 amide bonds. The summed E-state index contributed by atoms with van der Waals surface area (Å²) in [7, 11) is 0. The lowest BCUT2D eigenvalue weighted by molar-refractivity contribution is 0.209. The molecule has 0 radical (unpaired) electrons. The van der Waals surface area contributed by atoms with Crippen molar-refractivity contribution in [2.75, 3.05) is 6.61 Å². The van der Waals surface area contributed by atoms with Gasteiger partial charge in [0.15, 0.2) is 0 Å². The second-order valence-electron chi connectivity index (χ2n) is 2.70. The van der Waals surface area contributed by atoms with Gasteiger partial charge < -0.3 is 10.8 Å². The third kappa shape index (κ3) is 1.72. The summed E-state index contributed by atoms with van der Waals surface area (Å²) in [5, 5.41) is 8.87. The molecule has 1 atom stereocenters. The first-order valence-electron chi connectivity index (χ1n) is 3.32. The minimum absolute atomic E-state index is 0.111. The maximum Gasteiger partial charge on any atom is 0.115 e. The van der Waals surface area contributed by atoms with E-state index in [4.69, 9.17) is 10.8 Å². The number of aliphatic hydroxyl groups excluding tert-OH is 1. The molecule has 0 aromatic carbocycles. The highest BCUT2D eigenvalue weighted by molar-refractivity contribution is 5.14. The number of hydrogen-bond donors (Lipinski definition) is 2. The number of aromatic nitrogens is 2. The highest BCUT2D eigenvalue weighted by Crippen LogP contribution is 2.13. The summed E-state index contributed by atoms with van der Waals surface area (Å²) in [5.41, 5.74) is 5.71. The maximum absolute atomic E-state index is 8.87. The molecular weight excluding hydrogens is 142 g/mol. The smallest absolute Gasteiger partial charge is 0.115 e. The lowest BCUT2D eigenvalue weighted by atomic mass is 9.98. The minimum Gasteiger partial charge on any atom is -0.394 e. The molecule has 1 aromatic heterocycles. The normalized spacial score (nSPS) is 15.9. The van der Waals surface area contributed by atoms with Gasteiger partial charge in [0.2, 0.25) is 0 Å². The van der Waals surface area contributed by atoms with Crippen LogP contribution in [0.2, 0.25) is 0 Å². The van der Waals surface area contributed by atoms with Crippen molar-refractivity contribution in [3.63, 3.8) is 0 Å². The van der Waals surface area contributed by atoms with E-state index in [1.54, 1.807) is 19.3 Å². The molecule has 0 bridgehead atoms. The first-order valence-corrected chi connectivity index (χ1v) is 3.32. The van der Waals surface area contributed by atoms with Gasteiger partial charge in [-0.25, -0.2) is 9.97 Å². The molecule has 11 heavy (non-hydrogen) atoms. The van der Waals surface area contributed by atoms with Crippen molar-refractivity contribution in [2.45, 2.75) is 12.5 Å². The lowest BCUT2D eigenvalue weighted by Gasteiger charge is -2.20. The predicted molar refractivity (Wildman–Crippen MR) is 40.7 cm³/mol. The molecule has 0 saturated carbocycles. The highest BCUT2D eigenvalue weighted by Gasteiger charge is 2.19. The maximum atomic E-state index is 8.87. The Labute approximate surface area is 65.1 Å². The molecule has 4 heteroatoms. The van der Waals surface area contributed by atoms with Gasteiger partial charge in [-0.3, -0.25) is 0 Å². The van der Waals surface area contributed by atoms with Crippen LogP contribution in [0.3, 0.4) is 0 Å². The summed E-state index contributed by atoms with van der Waals surface area (Å²) in [5.74, 6) is 0. The molecule has 0 aliphatic rings. The average Bonchev–Trinajstić information content (AvgIpc) is 2.06. The Bertz CT molecular complexity index is 222. The van der Waals surface area contributed by atoms with Crippen molar-refractivity contribution < 1.29 is 5.11 Å². The summed E-state index contributed by atoms with van der Waals surface area (Å²) in [6.45, 7) is 1.62. The summed E-state index contributed by atoms with van der Waals surface area (Å²) in [4.78, 5) is 7.59. The van der Waals surface area contributed by atoms with Crippen molar-refractivity contribution in [1.82, 2.24) is 9.97 Å². The fraction of sp³-hybridized carbons (Fsp3) is 0.429. The van der Waals surface area contributed by atoms with Gasteiger partial charge in [0.25, 0.3) is 0 Å². The summed E-state index contributed by atoms with van der Waals surface area (Å²) in [6, 6.07) is 0. The zero-order valence-electron chi connectivity index (χ0n) is 6.36. The molecule has 0 spiro atoms. The van der Waals surface area contributed by atoms with E-state index in [1.807, 2.05) is 0 Å². The van der Waals surface area contributed by atoms with Crippen molar-refractivity contribution in [3.05, 3.63) is 24.3 Å². The van der Waals surface area contributed by atoms with Gasteiger partial charge in [0.05, 0.1) is 12.1 Å². The van der Waals surface area contributed by atoms with Gasteiger partial charge in [0, 0.05) is 18.0 Å². The zero-order valence-corrected chi connectivity index (χ0v) is 6.36. The molecule has 1 rings (SSSR count). The van der Waals surface area contributed by atoms with Crippen LogP contribution >= 0.6 is 0 Å². The Morgan fingerprint density at radius 1 is 1.55 bits per heavy atom. The van der Waals surface area contributed by atoms with Crippen LogP contribution in [0, 0.1) is 0 Å². The van der Waals surface area contributed by atoms with Crippen LogP contribution in [-0.2, 0) is 5.54 Å². The number of nitrogens with zero attached hydrogens (tertiary/aromatic N) is 2. The molecule has 0 aliphatic carbocycles. The predicted octanol–water partition coefficient (Wildman–Crippen LogP) is -0.357. The lowest BCUT2D eigenvalue weighted by Crippen LogP contribution is -2.37. The van der Waals surface area contributed by atoms with Crippen molar-refractivity contribution in [3.8, 4) is 0 Å². The van der Waals surface area contributed by atoms with Crippen LogP contribution in [-0.4, -0.2) is 21.7 Å². The molecule has 0 saturated heterocycles. The van der Waals surface area contributed by atoms with E-state index >= 15 is 0 Å². The van der Waals surface area contributed by atoms with Crippen LogP contribution in [0.15, 0.2) is 18.7 Å². The summed E-state index contributed by atoms with van der Waals surface area (Å²) < 4.78 is 0. The first kappa shape index (κ1) is 8.10. The van der Waals surface area contributed by atoms with E-state index in [0.29, 0.717) is 0 Å². The molecule has 0 fully saturated rings. The van der Waals surface area contributed by atoms with E-state index in [1.165, 1.54) is 6.33 Å². The highest BCUT2D eigenvalue weighted by atomic mass is 16.3. The third-order valence-electron chi connectivity index (χ3n) is 1.55. The fourth-order valence-corrected chi connectivity index (χ4v) is 0.685. The Hall–Kier alpha value is -1.00. The van der Waals surface area contributed by atoms with Gasteiger partial charge in [-0.15, -0.1) is 0 Å². The monoisotopic (exact) mass is 153 g/mol. The van der Waals surface area contributed by atoms with Crippen LogP contribution < -0.4 is 5.73 Å². The van der Waals surface area contributed by atoms with E-state index in [9.17, 15) is 0 Å². The van der Waals surface area contributed by atoms with E-state index in [2.05, 4.69) is 9.97 Å². The van der Waals surface area contributed by atoms with Gasteiger partial charge in [-0.2, -0.15) is 0 Å². The molecule has 3 N–H and O–H groups in total. The van der Waals surface area contributed by atoms with Crippen LogP contribution in [0.1, 0.15) is 12.5 Å². The molecule has 0 aliphatic heterocycles. The van der Waals surface area contributed by atoms with Gasteiger partial charge in [-0.05, 0) is 6.92 Å². The Morgan fingerprint density at radius 3 is 2.55 bits per heavy atom. The largest absolute Gasteiger partial charge is 0.394 e. The van der Waals surface area contributed by atoms with Crippen LogP contribution in [0.5, 0.6) is 0 Å². The van der Waals surface area contributed by atoms with Gasteiger partial charge in [-0.1, -0.05) is 0 Å². The summed E-state index contributed by atoms with van der Waals surface area (Å²) >= 11 is 0. The van der Waals surface area contributed by atoms with Crippen molar-refractivity contribution in [2.24, 2.45) is 5.73 Å². The fourth-order valence-electron chi connectivity index (χ4n) is 0.685. The second-order valence-corrected chi connectivity index (χ2v) is 2.70. The molecule has 1 unspecified atom stereocenters. The summed E-state index contributed by atoms with van der Waals surface area (Å²) in [6.07, 6.45) is 4.63. The van der Waals surface area contributed by atoms with E-state index < -0.39 is 5.54 Å². The number of aliphatic hydroxyl groups is 1. The number of rotatable bonds is 2. The molecule has 1 aromatic rings. The van der Waals surface area contributed by atoms with Gasteiger partial charge in [0.1, 0.15) is 6.33 Å². The molecule has 60 valence electrons. The van der Waals surface area contributed by atoms with Crippen LogP contribution in [0.25, 0.3) is 0 Å². The second kappa shape index (κ2) is 2.94. The SMILES string of the molecule is CC(N)(CO)c1cncnc1. The quantitative estimate of drug-likeness (QED) is 0.608. The molecule has 1 heterocycles. The van der Waals surface area contributed by atoms with Crippen LogP contribution in [0.4, 0.5) is 0 Å². The van der Waals surface area contributed by atoms with E-state index in [-0.39, 0.29) is 6.61 Å². The number of nitrogens with two attached hydrogens (primary N) is 1. The Morgan fingerprint density at radius 2 is 2.09 bits per heavy atom. The Balaban J connectivity index is 2.93. The van der Waals surface area contributed by atoms with Gasteiger partial charge >= 0.3 is 0 Å². The average molecular weight is 153 g/mol. The van der Waals surface area contributed by atoms with E-state index in [0.717, 1.165) is 5.56 Å². The van der Waals surface area contributed by atoms with Crippen molar-refractivity contribution >= 4 is 0 Å². The Kier molecular flexibility index (Phi) is 2.16. The standard InChI is InChI=1S/C7H11N3O/c1-7(8,4-11)6-2-9-5-10-3-6/h2-3,5,11H,4,8H2,1H3. The third-order valence-corrected chi connectivity index (χ3v) is 1.55. The topological polar surface area (TPSA) is 72.0 Å². The zero-order chi connectivity index (χ0) is 8.32. The minimum atomic E-state index is -0.735. The molecular formula is C7H11N3O. The number of hydrogen-bond acceptors (Lipinski definition) is 4. The van der Waals surface area contributed by atoms with Crippen molar-refractivity contribution in [1.29, 1.82) is 0 Å². The first-order chi connectivity index (χ1) is 5.17. The molecule has 4 nitrogen and oxygen atoms in total.